The maximum atomic E-state index is 12.6. The highest BCUT2D eigenvalue weighted by atomic mass is 16.7. The highest BCUT2D eigenvalue weighted by Gasteiger charge is 2.44. The van der Waals surface area contributed by atoms with Gasteiger partial charge in [-0.05, 0) is 34.9 Å². The molecule has 1 heterocycles. The number of carbonyl (C=O) groups is 2. The fourth-order valence-electron chi connectivity index (χ4n) is 4.04. The Morgan fingerprint density at radius 1 is 1.07 bits per heavy atom. The van der Waals surface area contributed by atoms with Crippen molar-refractivity contribution in [2.24, 2.45) is 11.8 Å². The molecule has 1 aliphatic heterocycles. The molecule has 0 spiro atoms. The van der Waals surface area contributed by atoms with Crippen molar-refractivity contribution < 1.29 is 28.5 Å². The van der Waals surface area contributed by atoms with Crippen molar-refractivity contribution >= 4 is 22.7 Å². The third kappa shape index (κ3) is 3.63. The van der Waals surface area contributed by atoms with Crippen LogP contribution < -0.4 is 0 Å². The van der Waals surface area contributed by atoms with E-state index in [1.54, 1.807) is 13.2 Å². The SMILES string of the molecule is COC(=O)C1=CO[C@@H](OC)[C@@H]2C(COC(=O)c3ccc4ccccc4c3)=CC[C@H]12. The molecule has 0 N–H and O–H groups in total. The number of rotatable bonds is 5. The monoisotopic (exact) mass is 394 g/mol. The van der Waals surface area contributed by atoms with Gasteiger partial charge in [-0.2, -0.15) is 0 Å². The molecule has 0 amide bonds. The first-order chi connectivity index (χ1) is 14.1. The first-order valence-corrected chi connectivity index (χ1v) is 9.44. The Morgan fingerprint density at radius 2 is 1.86 bits per heavy atom. The lowest BCUT2D eigenvalue weighted by Gasteiger charge is -2.33. The predicted molar refractivity (Wildman–Crippen MR) is 106 cm³/mol. The number of benzene rings is 2. The zero-order valence-electron chi connectivity index (χ0n) is 16.3. The van der Waals surface area contributed by atoms with Crippen molar-refractivity contribution in [1.29, 1.82) is 0 Å². The van der Waals surface area contributed by atoms with E-state index in [1.807, 2.05) is 42.5 Å². The molecule has 2 aliphatic rings. The molecule has 4 rings (SSSR count). The van der Waals surface area contributed by atoms with Crippen molar-refractivity contribution in [1.82, 2.24) is 0 Å². The minimum Gasteiger partial charge on any atom is -0.471 e. The molecule has 0 saturated heterocycles. The van der Waals surface area contributed by atoms with Crippen molar-refractivity contribution in [2.75, 3.05) is 20.8 Å². The number of ether oxygens (including phenoxy) is 4. The van der Waals surface area contributed by atoms with Crippen LogP contribution in [-0.2, 0) is 23.7 Å². The van der Waals surface area contributed by atoms with Gasteiger partial charge in [0.1, 0.15) is 6.61 Å². The maximum Gasteiger partial charge on any atom is 0.338 e. The summed E-state index contributed by atoms with van der Waals surface area (Å²) in [6.45, 7) is 0.116. The Bertz CT molecular complexity index is 1010. The van der Waals surface area contributed by atoms with Crippen LogP contribution >= 0.6 is 0 Å². The lowest BCUT2D eigenvalue weighted by Crippen LogP contribution is -2.37. The maximum absolute atomic E-state index is 12.6. The van der Waals surface area contributed by atoms with Gasteiger partial charge in [-0.1, -0.05) is 36.4 Å². The predicted octanol–water partition coefficient (Wildman–Crippen LogP) is 3.62. The largest absolute Gasteiger partial charge is 0.471 e. The molecule has 6 heteroatoms. The van der Waals surface area contributed by atoms with Gasteiger partial charge in [-0.3, -0.25) is 0 Å². The Labute approximate surface area is 168 Å². The summed E-state index contributed by atoms with van der Waals surface area (Å²) in [7, 11) is 2.89. The number of esters is 2. The Kier molecular flexibility index (Phi) is 5.36. The fourth-order valence-corrected chi connectivity index (χ4v) is 4.04. The average Bonchev–Trinajstić information content (AvgIpc) is 3.20. The zero-order chi connectivity index (χ0) is 20.4. The van der Waals surface area contributed by atoms with E-state index in [0.717, 1.165) is 16.3 Å². The molecule has 0 saturated carbocycles. The van der Waals surface area contributed by atoms with Gasteiger partial charge in [0.25, 0.3) is 0 Å². The molecule has 2 aromatic rings. The minimum atomic E-state index is -0.540. The Morgan fingerprint density at radius 3 is 2.62 bits per heavy atom. The van der Waals surface area contributed by atoms with E-state index in [4.69, 9.17) is 18.9 Å². The summed E-state index contributed by atoms with van der Waals surface area (Å²) in [4.78, 5) is 24.6. The second kappa shape index (κ2) is 8.09. The Balaban J connectivity index is 1.47. The molecule has 0 aromatic heterocycles. The summed E-state index contributed by atoms with van der Waals surface area (Å²) in [5, 5.41) is 2.05. The number of fused-ring (bicyclic) bond motifs is 2. The smallest absolute Gasteiger partial charge is 0.338 e. The number of hydrogen-bond donors (Lipinski definition) is 0. The van der Waals surface area contributed by atoms with Crippen molar-refractivity contribution in [3.8, 4) is 0 Å². The van der Waals surface area contributed by atoms with Crippen LogP contribution in [0.2, 0.25) is 0 Å². The van der Waals surface area contributed by atoms with Crippen LogP contribution in [0, 0.1) is 11.8 Å². The lowest BCUT2D eigenvalue weighted by molar-refractivity contribution is -0.146. The molecule has 0 bridgehead atoms. The van der Waals surface area contributed by atoms with E-state index in [-0.39, 0.29) is 18.4 Å². The summed E-state index contributed by atoms with van der Waals surface area (Å²) in [5.74, 6) is -1.13. The van der Waals surface area contributed by atoms with Gasteiger partial charge in [0.05, 0.1) is 30.4 Å². The molecule has 3 atom stereocenters. The molecular weight excluding hydrogens is 372 g/mol. The number of carbonyl (C=O) groups excluding carboxylic acids is 2. The summed E-state index contributed by atoms with van der Waals surface area (Å²) >= 11 is 0. The quantitative estimate of drug-likeness (QED) is 0.570. The molecular formula is C23H22O6. The van der Waals surface area contributed by atoms with Gasteiger partial charge in [0, 0.05) is 13.0 Å². The molecule has 2 aromatic carbocycles. The molecule has 29 heavy (non-hydrogen) atoms. The summed E-state index contributed by atoms with van der Waals surface area (Å²) < 4.78 is 21.4. The van der Waals surface area contributed by atoms with Crippen molar-refractivity contribution in [3.05, 3.63) is 71.5 Å². The highest BCUT2D eigenvalue weighted by Crippen LogP contribution is 2.43. The van der Waals surface area contributed by atoms with Gasteiger partial charge in [0.15, 0.2) is 0 Å². The lowest BCUT2D eigenvalue weighted by atomic mass is 9.83. The molecule has 0 radical (unpaired) electrons. The van der Waals surface area contributed by atoms with Crippen LogP contribution in [0.1, 0.15) is 16.8 Å². The average molecular weight is 394 g/mol. The molecule has 6 nitrogen and oxygen atoms in total. The molecule has 0 fully saturated rings. The van der Waals surface area contributed by atoms with Gasteiger partial charge in [0.2, 0.25) is 6.29 Å². The third-order valence-electron chi connectivity index (χ3n) is 5.53. The second-order valence-corrected chi connectivity index (χ2v) is 7.09. The summed E-state index contributed by atoms with van der Waals surface area (Å²) in [6, 6.07) is 13.3. The van der Waals surface area contributed by atoms with Crippen LogP contribution in [0.15, 0.2) is 65.9 Å². The van der Waals surface area contributed by atoms with Gasteiger partial charge >= 0.3 is 11.9 Å². The fraction of sp³-hybridized carbons (Fsp3) is 0.304. The number of allylic oxidation sites excluding steroid dienone is 1. The van der Waals surface area contributed by atoms with Crippen molar-refractivity contribution in [3.63, 3.8) is 0 Å². The minimum absolute atomic E-state index is 0.115. The second-order valence-electron chi connectivity index (χ2n) is 7.09. The van der Waals surface area contributed by atoms with E-state index in [9.17, 15) is 9.59 Å². The normalized spacial score (nSPS) is 22.9. The highest BCUT2D eigenvalue weighted by molar-refractivity contribution is 5.95. The Hall–Kier alpha value is -3.12. The van der Waals surface area contributed by atoms with Gasteiger partial charge in [-0.25, -0.2) is 9.59 Å². The van der Waals surface area contributed by atoms with Crippen LogP contribution in [0.3, 0.4) is 0 Å². The van der Waals surface area contributed by atoms with Crippen LogP contribution in [0.5, 0.6) is 0 Å². The third-order valence-corrected chi connectivity index (χ3v) is 5.53. The summed E-state index contributed by atoms with van der Waals surface area (Å²) in [6.07, 6.45) is 3.50. The van der Waals surface area contributed by atoms with E-state index in [1.165, 1.54) is 13.4 Å². The van der Waals surface area contributed by atoms with Gasteiger partial charge < -0.3 is 18.9 Å². The first kappa shape index (κ1) is 19.2. The summed E-state index contributed by atoms with van der Waals surface area (Å²) in [5.41, 5.74) is 1.85. The van der Waals surface area contributed by atoms with E-state index in [2.05, 4.69) is 0 Å². The number of methoxy groups -OCH3 is 2. The van der Waals surface area contributed by atoms with E-state index >= 15 is 0 Å². The first-order valence-electron chi connectivity index (χ1n) is 9.44. The van der Waals surface area contributed by atoms with E-state index < -0.39 is 18.2 Å². The van der Waals surface area contributed by atoms with Crippen LogP contribution in [-0.4, -0.2) is 39.1 Å². The zero-order valence-corrected chi connectivity index (χ0v) is 16.3. The molecule has 150 valence electrons. The number of hydrogen-bond acceptors (Lipinski definition) is 6. The van der Waals surface area contributed by atoms with Crippen molar-refractivity contribution in [2.45, 2.75) is 12.7 Å². The topological polar surface area (TPSA) is 71.1 Å². The standard InChI is InChI=1S/C23H22O6/c1-26-22(25)19-13-29-23(27-2)20-17(9-10-18(19)20)12-28-21(24)16-8-7-14-5-3-4-6-15(14)11-16/h3-9,11,13,18,20,23H,10,12H2,1-2H3/t18-,20-,23-/m1/s1. The van der Waals surface area contributed by atoms with Gasteiger partial charge in [-0.15, -0.1) is 0 Å². The molecule has 0 unspecified atom stereocenters. The van der Waals surface area contributed by atoms with Crippen LogP contribution in [0.4, 0.5) is 0 Å². The van der Waals surface area contributed by atoms with Crippen LogP contribution in [0.25, 0.3) is 10.8 Å². The molecule has 1 aliphatic carbocycles. The van der Waals surface area contributed by atoms with E-state index in [0.29, 0.717) is 17.6 Å².